The van der Waals surface area contributed by atoms with Crippen LogP contribution < -0.4 is 10.1 Å². The maximum absolute atomic E-state index is 13.3. The summed E-state index contributed by atoms with van der Waals surface area (Å²) in [5.74, 6) is 4.80. The van der Waals surface area contributed by atoms with Crippen LogP contribution in [0, 0.1) is 17.7 Å². The van der Waals surface area contributed by atoms with E-state index in [0.717, 1.165) is 0 Å². The first kappa shape index (κ1) is 15.9. The molecule has 112 valence electrons. The van der Waals surface area contributed by atoms with Crippen LogP contribution in [0.5, 0.6) is 5.75 Å². The lowest BCUT2D eigenvalue weighted by atomic mass is 10.2. The normalized spacial score (nSPS) is 9.55. The first-order chi connectivity index (χ1) is 10.7. The molecule has 0 aliphatic rings. The molecule has 0 atom stereocenters. The smallest absolute Gasteiger partial charge is 0.258 e. The zero-order valence-electron chi connectivity index (χ0n) is 11.6. The molecular formula is C17H13ClFNO2. The number of amides is 1. The summed E-state index contributed by atoms with van der Waals surface area (Å²) in [6.45, 7) is -0.112. The third-order valence-electron chi connectivity index (χ3n) is 2.67. The van der Waals surface area contributed by atoms with Gasteiger partial charge in [0.05, 0.1) is 11.6 Å². The van der Waals surface area contributed by atoms with Gasteiger partial charge in [0.15, 0.2) is 18.2 Å². The van der Waals surface area contributed by atoms with Crippen molar-refractivity contribution in [1.29, 1.82) is 0 Å². The fourth-order valence-electron chi connectivity index (χ4n) is 1.60. The summed E-state index contributed by atoms with van der Waals surface area (Å²) in [6, 6.07) is 13.1. The third-order valence-corrected chi connectivity index (χ3v) is 3.00. The molecule has 1 amide bonds. The lowest BCUT2D eigenvalue weighted by molar-refractivity contribution is -0.122. The minimum absolute atomic E-state index is 0.0415. The highest BCUT2D eigenvalue weighted by atomic mass is 35.5. The number of nitrogens with one attached hydrogen (secondary N) is 1. The van der Waals surface area contributed by atoms with Crippen LogP contribution in [0.3, 0.4) is 0 Å². The van der Waals surface area contributed by atoms with E-state index in [1.807, 2.05) is 12.1 Å². The van der Waals surface area contributed by atoms with Crippen molar-refractivity contribution in [3.8, 4) is 17.6 Å². The molecule has 2 aromatic carbocycles. The number of ether oxygens (including phenoxy) is 1. The number of carbonyl (C=O) groups is 1. The van der Waals surface area contributed by atoms with Crippen molar-refractivity contribution < 1.29 is 13.9 Å². The maximum Gasteiger partial charge on any atom is 0.258 e. The van der Waals surface area contributed by atoms with Gasteiger partial charge < -0.3 is 10.1 Å². The first-order valence-corrected chi connectivity index (χ1v) is 6.92. The Bertz CT molecular complexity index is 722. The van der Waals surface area contributed by atoms with Crippen LogP contribution in [0.15, 0.2) is 48.5 Å². The largest absolute Gasteiger partial charge is 0.481 e. The second-order valence-corrected chi connectivity index (χ2v) is 4.68. The first-order valence-electron chi connectivity index (χ1n) is 6.54. The van der Waals surface area contributed by atoms with Gasteiger partial charge in [-0.15, -0.1) is 0 Å². The van der Waals surface area contributed by atoms with E-state index in [-0.39, 0.29) is 24.8 Å². The molecule has 1 N–H and O–H groups in total. The Morgan fingerprint density at radius 3 is 2.68 bits per heavy atom. The van der Waals surface area contributed by atoms with Gasteiger partial charge in [0.25, 0.3) is 5.91 Å². The molecule has 2 rings (SSSR count). The SMILES string of the molecule is O=C(COc1ccccc1F)NCC#Cc1ccccc1Cl. The second kappa shape index (κ2) is 8.06. The Morgan fingerprint density at radius 1 is 1.18 bits per heavy atom. The molecule has 0 saturated heterocycles. The highest BCUT2D eigenvalue weighted by Gasteiger charge is 2.04. The lowest BCUT2D eigenvalue weighted by Gasteiger charge is -2.06. The van der Waals surface area contributed by atoms with E-state index in [1.54, 1.807) is 24.3 Å². The van der Waals surface area contributed by atoms with Crippen LogP contribution >= 0.6 is 11.6 Å². The van der Waals surface area contributed by atoms with Crippen molar-refractivity contribution in [2.45, 2.75) is 0 Å². The van der Waals surface area contributed by atoms with Crippen LogP contribution in [0.25, 0.3) is 0 Å². The summed E-state index contributed by atoms with van der Waals surface area (Å²) >= 11 is 5.95. The molecule has 0 fully saturated rings. The molecule has 0 aromatic heterocycles. The molecule has 0 bridgehead atoms. The molecule has 22 heavy (non-hydrogen) atoms. The summed E-state index contributed by atoms with van der Waals surface area (Å²) in [7, 11) is 0. The van der Waals surface area contributed by atoms with Crippen molar-refractivity contribution in [2.24, 2.45) is 0 Å². The Morgan fingerprint density at radius 2 is 1.91 bits per heavy atom. The Balaban J connectivity index is 1.77. The molecule has 0 radical (unpaired) electrons. The monoisotopic (exact) mass is 317 g/mol. The van der Waals surface area contributed by atoms with Gasteiger partial charge in [0.2, 0.25) is 0 Å². The number of hydrogen-bond acceptors (Lipinski definition) is 2. The van der Waals surface area contributed by atoms with Crippen molar-refractivity contribution in [1.82, 2.24) is 5.32 Å². The van der Waals surface area contributed by atoms with E-state index < -0.39 is 5.82 Å². The fourth-order valence-corrected chi connectivity index (χ4v) is 1.78. The average Bonchev–Trinajstić information content (AvgIpc) is 2.52. The van der Waals surface area contributed by atoms with Gasteiger partial charge in [-0.2, -0.15) is 0 Å². The molecule has 0 heterocycles. The third kappa shape index (κ3) is 4.80. The van der Waals surface area contributed by atoms with Gasteiger partial charge >= 0.3 is 0 Å². The Kier molecular flexibility index (Phi) is 5.81. The summed E-state index contributed by atoms with van der Waals surface area (Å²) < 4.78 is 18.4. The van der Waals surface area contributed by atoms with E-state index in [9.17, 15) is 9.18 Å². The van der Waals surface area contributed by atoms with Gasteiger partial charge in [-0.3, -0.25) is 4.79 Å². The lowest BCUT2D eigenvalue weighted by Crippen LogP contribution is -2.29. The molecule has 0 aliphatic carbocycles. The molecular weight excluding hydrogens is 305 g/mol. The molecule has 0 spiro atoms. The predicted molar refractivity (Wildman–Crippen MR) is 83.2 cm³/mol. The number of carbonyl (C=O) groups excluding carboxylic acids is 1. The van der Waals surface area contributed by atoms with Crippen LogP contribution in [0.4, 0.5) is 4.39 Å². The molecule has 3 nitrogen and oxygen atoms in total. The average molecular weight is 318 g/mol. The number of benzene rings is 2. The zero-order valence-corrected chi connectivity index (χ0v) is 12.4. The van der Waals surface area contributed by atoms with Gasteiger partial charge in [-0.1, -0.05) is 47.7 Å². The number of para-hydroxylation sites is 1. The predicted octanol–water partition coefficient (Wildman–Crippen LogP) is 3.03. The standard InChI is InChI=1S/C17H13ClFNO2/c18-14-8-2-1-6-13(14)7-5-11-20-17(21)12-22-16-10-4-3-9-15(16)19/h1-4,6,8-10H,11-12H2,(H,20,21). The summed E-state index contributed by atoms with van der Waals surface area (Å²) in [4.78, 5) is 11.6. The van der Waals surface area contributed by atoms with E-state index >= 15 is 0 Å². The second-order valence-electron chi connectivity index (χ2n) is 4.28. The van der Waals surface area contributed by atoms with Crippen molar-refractivity contribution in [2.75, 3.05) is 13.2 Å². The summed E-state index contributed by atoms with van der Waals surface area (Å²) in [5.41, 5.74) is 0.695. The minimum Gasteiger partial charge on any atom is -0.481 e. The van der Waals surface area contributed by atoms with E-state index in [1.165, 1.54) is 12.1 Å². The van der Waals surface area contributed by atoms with Crippen LogP contribution in [0.1, 0.15) is 5.56 Å². The maximum atomic E-state index is 13.3. The zero-order chi connectivity index (χ0) is 15.8. The topological polar surface area (TPSA) is 38.3 Å². The quantitative estimate of drug-likeness (QED) is 0.880. The Hall–Kier alpha value is -2.51. The van der Waals surface area contributed by atoms with Crippen LogP contribution in [-0.2, 0) is 4.79 Å². The highest BCUT2D eigenvalue weighted by Crippen LogP contribution is 2.15. The molecule has 0 aliphatic heterocycles. The minimum atomic E-state index is -0.506. The summed E-state index contributed by atoms with van der Waals surface area (Å²) in [5, 5.41) is 3.12. The highest BCUT2D eigenvalue weighted by molar-refractivity contribution is 6.31. The number of rotatable bonds is 4. The van der Waals surface area contributed by atoms with Gasteiger partial charge in [0, 0.05) is 5.56 Å². The number of halogens is 2. The molecule has 0 saturated carbocycles. The molecule has 0 unspecified atom stereocenters. The van der Waals surface area contributed by atoms with Crippen LogP contribution in [0.2, 0.25) is 5.02 Å². The van der Waals surface area contributed by atoms with Gasteiger partial charge in [-0.05, 0) is 24.3 Å². The van der Waals surface area contributed by atoms with Crippen molar-refractivity contribution >= 4 is 17.5 Å². The van der Waals surface area contributed by atoms with Crippen LogP contribution in [-0.4, -0.2) is 19.1 Å². The fraction of sp³-hybridized carbons (Fsp3) is 0.118. The van der Waals surface area contributed by atoms with Crippen molar-refractivity contribution in [3.63, 3.8) is 0 Å². The molecule has 5 heteroatoms. The van der Waals surface area contributed by atoms with E-state index in [2.05, 4.69) is 17.2 Å². The van der Waals surface area contributed by atoms with E-state index in [0.29, 0.717) is 10.6 Å². The van der Waals surface area contributed by atoms with Gasteiger partial charge in [-0.25, -0.2) is 4.39 Å². The number of hydrogen-bond donors (Lipinski definition) is 1. The summed E-state index contributed by atoms with van der Waals surface area (Å²) in [6.07, 6.45) is 0. The molecule has 2 aromatic rings. The van der Waals surface area contributed by atoms with Gasteiger partial charge in [0.1, 0.15) is 0 Å². The Labute approximate surface area is 133 Å². The van der Waals surface area contributed by atoms with Crippen molar-refractivity contribution in [3.05, 3.63) is 64.9 Å². The van der Waals surface area contributed by atoms with E-state index in [4.69, 9.17) is 16.3 Å².